The maximum Gasteiger partial charge on any atom is 0.338 e. The number of nitrogens with zero attached hydrogens (tertiary/aromatic N) is 2. The van der Waals surface area contributed by atoms with Crippen molar-refractivity contribution >= 4 is 0 Å². The Bertz CT molecular complexity index is 869. The first-order valence-electron chi connectivity index (χ1n) is 6.58. The summed E-state index contributed by atoms with van der Waals surface area (Å²) in [5.74, 6) is -0.678. The van der Waals surface area contributed by atoms with Gasteiger partial charge in [-0.2, -0.15) is 0 Å². The molecule has 1 aromatic heterocycles. The van der Waals surface area contributed by atoms with E-state index in [9.17, 15) is 14.3 Å². The molecule has 3 aromatic rings. The molecule has 0 aliphatic carbocycles. The van der Waals surface area contributed by atoms with E-state index in [1.165, 1.54) is 25.2 Å². The van der Waals surface area contributed by atoms with Gasteiger partial charge in [0.05, 0.1) is 5.69 Å². The van der Waals surface area contributed by atoms with Crippen LogP contribution in [0.25, 0.3) is 5.69 Å². The summed E-state index contributed by atoms with van der Waals surface area (Å²) in [4.78, 5) is 12.3. The molecule has 0 spiro atoms. The third-order valence-corrected chi connectivity index (χ3v) is 3.24. The van der Waals surface area contributed by atoms with E-state index in [4.69, 9.17) is 4.74 Å². The van der Waals surface area contributed by atoms with Gasteiger partial charge >= 0.3 is 5.69 Å². The normalized spacial score (nSPS) is 10.6. The number of rotatable bonds is 3. The molecule has 0 saturated heterocycles. The van der Waals surface area contributed by atoms with Crippen LogP contribution in [-0.4, -0.2) is 14.2 Å². The number of hydrogen-bond donors (Lipinski definition) is 1. The van der Waals surface area contributed by atoms with Gasteiger partial charge in [-0.15, -0.1) is 0 Å². The van der Waals surface area contributed by atoms with Gasteiger partial charge in [-0.3, -0.25) is 4.57 Å². The first-order valence-corrected chi connectivity index (χ1v) is 6.58. The minimum absolute atomic E-state index is 0.00864. The largest absolute Gasteiger partial charge is 0.491 e. The smallest absolute Gasteiger partial charge is 0.338 e. The average Bonchev–Trinajstić information content (AvgIpc) is 2.74. The minimum Gasteiger partial charge on any atom is -0.491 e. The molecular formula is C16H13FN2O3. The summed E-state index contributed by atoms with van der Waals surface area (Å²) in [5.41, 5.74) is -0.595. The number of halogens is 1. The van der Waals surface area contributed by atoms with E-state index >= 15 is 0 Å². The lowest BCUT2D eigenvalue weighted by Gasteiger charge is -2.09. The van der Waals surface area contributed by atoms with Gasteiger partial charge in [-0.25, -0.2) is 13.8 Å². The quantitative estimate of drug-likeness (QED) is 0.809. The number of imidazole rings is 1. The molecule has 0 bridgehead atoms. The van der Waals surface area contributed by atoms with E-state index in [-0.39, 0.29) is 17.4 Å². The summed E-state index contributed by atoms with van der Waals surface area (Å²) in [5, 5.41) is 10.1. The summed E-state index contributed by atoms with van der Waals surface area (Å²) < 4.78 is 21.6. The zero-order valence-corrected chi connectivity index (χ0v) is 11.7. The maximum atomic E-state index is 14.0. The number of aromatic nitrogens is 2. The van der Waals surface area contributed by atoms with Gasteiger partial charge < -0.3 is 9.84 Å². The zero-order valence-electron chi connectivity index (χ0n) is 11.7. The minimum atomic E-state index is -0.603. The first-order chi connectivity index (χ1) is 10.6. The van der Waals surface area contributed by atoms with Crippen molar-refractivity contribution in [2.75, 3.05) is 0 Å². The molecule has 6 heteroatoms. The van der Waals surface area contributed by atoms with Crippen LogP contribution in [0.5, 0.6) is 17.5 Å². The second kappa shape index (κ2) is 5.40. The third kappa shape index (κ3) is 2.24. The lowest BCUT2D eigenvalue weighted by Crippen LogP contribution is -2.21. The standard InChI is InChI=1S/C16H13FN2O3/c1-18-14(20)15(22-11-7-3-2-4-8-11)19(16(18)21)13-10-6-5-9-12(13)17/h2-10,20H,1H3. The van der Waals surface area contributed by atoms with Crippen molar-refractivity contribution < 1.29 is 14.2 Å². The molecule has 0 radical (unpaired) electrons. The summed E-state index contributed by atoms with van der Waals surface area (Å²) in [6, 6.07) is 14.4. The molecule has 1 heterocycles. The molecule has 0 saturated carbocycles. The zero-order chi connectivity index (χ0) is 15.7. The summed E-state index contributed by atoms with van der Waals surface area (Å²) in [7, 11) is 1.38. The monoisotopic (exact) mass is 300 g/mol. The Labute approximate surface area is 125 Å². The van der Waals surface area contributed by atoms with Gasteiger partial charge in [0.1, 0.15) is 11.6 Å². The molecule has 0 unspecified atom stereocenters. The van der Waals surface area contributed by atoms with Crippen molar-refractivity contribution in [3.05, 3.63) is 70.9 Å². The highest BCUT2D eigenvalue weighted by Crippen LogP contribution is 2.32. The first kappa shape index (κ1) is 13.9. The van der Waals surface area contributed by atoms with Crippen LogP contribution in [0.15, 0.2) is 59.4 Å². The molecule has 0 fully saturated rings. The van der Waals surface area contributed by atoms with Crippen molar-refractivity contribution in [2.24, 2.45) is 7.05 Å². The average molecular weight is 300 g/mol. The SMILES string of the molecule is Cn1c(O)c(Oc2ccccc2)n(-c2ccccc2F)c1=O. The summed E-state index contributed by atoms with van der Waals surface area (Å²) in [6.45, 7) is 0. The number of para-hydroxylation sites is 2. The van der Waals surface area contributed by atoms with Crippen LogP contribution < -0.4 is 10.4 Å². The summed E-state index contributed by atoms with van der Waals surface area (Å²) >= 11 is 0. The highest BCUT2D eigenvalue weighted by molar-refractivity contribution is 5.43. The Hall–Kier alpha value is -3.02. The van der Waals surface area contributed by atoms with Crippen molar-refractivity contribution in [1.29, 1.82) is 0 Å². The molecule has 1 N–H and O–H groups in total. The fraction of sp³-hybridized carbons (Fsp3) is 0.0625. The third-order valence-electron chi connectivity index (χ3n) is 3.24. The second-order valence-electron chi connectivity index (χ2n) is 4.67. The van der Waals surface area contributed by atoms with Crippen molar-refractivity contribution in [3.63, 3.8) is 0 Å². The molecule has 0 amide bonds. The molecule has 3 rings (SSSR count). The van der Waals surface area contributed by atoms with E-state index in [0.29, 0.717) is 5.75 Å². The van der Waals surface area contributed by atoms with Crippen molar-refractivity contribution in [3.8, 4) is 23.2 Å². The lowest BCUT2D eigenvalue weighted by molar-refractivity contribution is 0.376. The van der Waals surface area contributed by atoms with Crippen LogP contribution in [0.1, 0.15) is 0 Å². The Kier molecular flexibility index (Phi) is 3.42. The predicted octanol–water partition coefficient (Wildman–Crippen LogP) is 2.81. The molecule has 0 aliphatic heterocycles. The number of aromatic hydroxyl groups is 1. The molecule has 2 aromatic carbocycles. The molecule has 0 aliphatic rings. The van der Waals surface area contributed by atoms with E-state index in [0.717, 1.165) is 9.13 Å². The van der Waals surface area contributed by atoms with Gasteiger partial charge in [0.15, 0.2) is 0 Å². The van der Waals surface area contributed by atoms with E-state index in [2.05, 4.69) is 0 Å². The number of benzene rings is 2. The topological polar surface area (TPSA) is 56.4 Å². The van der Waals surface area contributed by atoms with E-state index < -0.39 is 11.5 Å². The Balaban J connectivity index is 2.20. The van der Waals surface area contributed by atoms with Gasteiger partial charge in [0.25, 0.3) is 11.8 Å². The van der Waals surface area contributed by atoms with Gasteiger partial charge in [0.2, 0.25) is 0 Å². The van der Waals surface area contributed by atoms with Crippen molar-refractivity contribution in [2.45, 2.75) is 0 Å². The Morgan fingerprint density at radius 2 is 1.68 bits per heavy atom. The van der Waals surface area contributed by atoms with Gasteiger partial charge in [-0.05, 0) is 24.3 Å². The maximum absolute atomic E-state index is 14.0. The Morgan fingerprint density at radius 3 is 2.36 bits per heavy atom. The van der Waals surface area contributed by atoms with Crippen LogP contribution in [-0.2, 0) is 7.05 Å². The summed E-state index contributed by atoms with van der Waals surface area (Å²) in [6.07, 6.45) is 0. The van der Waals surface area contributed by atoms with Crippen LogP contribution in [0, 0.1) is 5.82 Å². The van der Waals surface area contributed by atoms with Crippen molar-refractivity contribution in [1.82, 2.24) is 9.13 Å². The van der Waals surface area contributed by atoms with Gasteiger partial charge in [0, 0.05) is 7.05 Å². The Morgan fingerprint density at radius 1 is 1.05 bits per heavy atom. The molecule has 0 atom stereocenters. The van der Waals surface area contributed by atoms with Gasteiger partial charge in [-0.1, -0.05) is 30.3 Å². The molecule has 112 valence electrons. The number of hydrogen-bond acceptors (Lipinski definition) is 3. The fourth-order valence-electron chi connectivity index (χ4n) is 2.11. The fourth-order valence-corrected chi connectivity index (χ4v) is 2.11. The predicted molar refractivity (Wildman–Crippen MR) is 79.1 cm³/mol. The number of ether oxygens (including phenoxy) is 1. The van der Waals surface area contributed by atoms with Crippen LogP contribution >= 0.6 is 0 Å². The lowest BCUT2D eigenvalue weighted by atomic mass is 10.3. The molecule has 22 heavy (non-hydrogen) atoms. The highest BCUT2D eigenvalue weighted by atomic mass is 19.1. The molecule has 5 nitrogen and oxygen atoms in total. The van der Waals surface area contributed by atoms with Crippen LogP contribution in [0.4, 0.5) is 4.39 Å². The highest BCUT2D eigenvalue weighted by Gasteiger charge is 2.22. The molecular weight excluding hydrogens is 287 g/mol. The van der Waals surface area contributed by atoms with Crippen LogP contribution in [0.3, 0.4) is 0 Å². The van der Waals surface area contributed by atoms with E-state index in [1.54, 1.807) is 30.3 Å². The second-order valence-corrected chi connectivity index (χ2v) is 4.67. The van der Waals surface area contributed by atoms with Crippen LogP contribution in [0.2, 0.25) is 0 Å². The van der Waals surface area contributed by atoms with E-state index in [1.807, 2.05) is 6.07 Å².